The molecule has 5 rings (SSSR count). The third-order valence-corrected chi connectivity index (χ3v) is 8.36. The van der Waals surface area contributed by atoms with Gasteiger partial charge >= 0.3 is 0 Å². The van der Waals surface area contributed by atoms with Crippen molar-refractivity contribution in [2.75, 3.05) is 32.7 Å². The molecule has 3 fully saturated rings. The molecule has 0 radical (unpaired) electrons. The molecule has 6 nitrogen and oxygen atoms in total. The van der Waals surface area contributed by atoms with Gasteiger partial charge in [0.2, 0.25) is 0 Å². The predicted octanol–water partition coefficient (Wildman–Crippen LogP) is 4.27. The largest absolute Gasteiger partial charge is 0.338 e. The van der Waals surface area contributed by atoms with Gasteiger partial charge in [-0.3, -0.25) is 14.5 Å². The minimum atomic E-state index is -0.527. The standard InChI is InChI=1S/C25H31FN4O2S/c1-17-6-4-12-29(17)16-19-7-5-13-30(19)24(31)20-9-8-18(14-21(20)26)23-27-15-22(33-23)25(32)28-10-2-3-11-28/h8-9,14-15,17,19H,2-7,10-13,16H2,1H3/t17-,19+/m1/s1. The Hall–Kier alpha value is -2.32. The Morgan fingerprint density at radius 2 is 1.85 bits per heavy atom. The molecule has 1 aromatic heterocycles. The number of thiazole rings is 1. The molecule has 0 saturated carbocycles. The van der Waals surface area contributed by atoms with Gasteiger partial charge in [-0.2, -0.15) is 0 Å². The van der Waals surface area contributed by atoms with Gasteiger partial charge in [-0.05, 0) is 64.1 Å². The molecule has 0 N–H and O–H groups in total. The summed E-state index contributed by atoms with van der Waals surface area (Å²) >= 11 is 1.28. The fraction of sp³-hybridized carbons (Fsp3) is 0.560. The maximum Gasteiger partial charge on any atom is 0.265 e. The molecule has 33 heavy (non-hydrogen) atoms. The number of halogens is 1. The second kappa shape index (κ2) is 9.50. The lowest BCUT2D eigenvalue weighted by Gasteiger charge is -2.31. The third-order valence-electron chi connectivity index (χ3n) is 7.33. The number of rotatable bonds is 5. The lowest BCUT2D eigenvalue weighted by atomic mass is 10.1. The van der Waals surface area contributed by atoms with Gasteiger partial charge in [-0.15, -0.1) is 11.3 Å². The molecule has 176 valence electrons. The molecule has 1 aromatic carbocycles. The summed E-state index contributed by atoms with van der Waals surface area (Å²) in [4.78, 5) is 36.9. The normalized spacial score (nSPS) is 23.6. The fourth-order valence-corrected chi connectivity index (χ4v) is 6.27. The molecule has 3 aliphatic rings. The van der Waals surface area contributed by atoms with Crippen LogP contribution in [0, 0.1) is 5.82 Å². The highest BCUT2D eigenvalue weighted by atomic mass is 32.1. The maximum atomic E-state index is 15.1. The number of nitrogens with zero attached hydrogens (tertiary/aromatic N) is 4. The molecule has 0 bridgehead atoms. The van der Waals surface area contributed by atoms with E-state index in [9.17, 15) is 9.59 Å². The second-order valence-electron chi connectivity index (χ2n) is 9.50. The van der Waals surface area contributed by atoms with Crippen molar-refractivity contribution in [2.24, 2.45) is 0 Å². The van der Waals surface area contributed by atoms with Gasteiger partial charge in [-0.1, -0.05) is 6.07 Å². The first-order valence-electron chi connectivity index (χ1n) is 12.1. The van der Waals surface area contributed by atoms with Crippen LogP contribution in [0.25, 0.3) is 10.6 Å². The molecule has 0 aliphatic carbocycles. The van der Waals surface area contributed by atoms with Gasteiger partial charge < -0.3 is 9.80 Å². The number of amides is 2. The van der Waals surface area contributed by atoms with Gasteiger partial charge in [0.25, 0.3) is 11.8 Å². The van der Waals surface area contributed by atoms with E-state index in [-0.39, 0.29) is 23.4 Å². The number of likely N-dealkylation sites (tertiary alicyclic amines) is 3. The van der Waals surface area contributed by atoms with Crippen molar-refractivity contribution in [3.05, 3.63) is 40.7 Å². The topological polar surface area (TPSA) is 56.8 Å². The third kappa shape index (κ3) is 4.55. The lowest BCUT2D eigenvalue weighted by Crippen LogP contribution is -2.44. The molecule has 0 unspecified atom stereocenters. The first kappa shape index (κ1) is 22.5. The Morgan fingerprint density at radius 3 is 2.58 bits per heavy atom. The summed E-state index contributed by atoms with van der Waals surface area (Å²) < 4.78 is 15.1. The Kier molecular flexibility index (Phi) is 6.47. The number of carbonyl (C=O) groups excluding carboxylic acids is 2. The molecular formula is C25H31FN4O2S. The van der Waals surface area contributed by atoms with Crippen LogP contribution in [-0.2, 0) is 0 Å². The number of carbonyl (C=O) groups is 2. The molecule has 8 heteroatoms. The summed E-state index contributed by atoms with van der Waals surface area (Å²) in [7, 11) is 0. The van der Waals surface area contributed by atoms with E-state index in [1.807, 2.05) is 9.80 Å². The Labute approximate surface area is 198 Å². The van der Waals surface area contributed by atoms with Gasteiger partial charge in [0.1, 0.15) is 15.7 Å². The quantitative estimate of drug-likeness (QED) is 0.655. The summed E-state index contributed by atoms with van der Waals surface area (Å²) in [5.41, 5.74) is 0.712. The van der Waals surface area contributed by atoms with Crippen LogP contribution in [0.2, 0.25) is 0 Å². The smallest absolute Gasteiger partial charge is 0.265 e. The minimum absolute atomic E-state index is 0.00378. The second-order valence-corrected chi connectivity index (χ2v) is 10.5. The van der Waals surface area contributed by atoms with Crippen LogP contribution in [0.3, 0.4) is 0 Å². The van der Waals surface area contributed by atoms with Gasteiger partial charge in [0.15, 0.2) is 0 Å². The molecule has 2 atom stereocenters. The van der Waals surface area contributed by atoms with E-state index >= 15 is 4.39 Å². The van der Waals surface area contributed by atoms with E-state index in [2.05, 4.69) is 16.8 Å². The zero-order valence-electron chi connectivity index (χ0n) is 19.1. The molecule has 3 saturated heterocycles. The van der Waals surface area contributed by atoms with Crippen LogP contribution in [0.15, 0.2) is 24.4 Å². The van der Waals surface area contributed by atoms with E-state index in [0.717, 1.165) is 51.9 Å². The summed E-state index contributed by atoms with van der Waals surface area (Å²) in [6.45, 7) is 6.45. The van der Waals surface area contributed by atoms with Gasteiger partial charge in [0.05, 0.1) is 11.8 Å². The predicted molar refractivity (Wildman–Crippen MR) is 127 cm³/mol. The first-order chi connectivity index (χ1) is 16.0. The Bertz CT molecular complexity index is 1040. The van der Waals surface area contributed by atoms with E-state index in [4.69, 9.17) is 0 Å². The van der Waals surface area contributed by atoms with Crippen LogP contribution >= 0.6 is 11.3 Å². The number of benzene rings is 1. The van der Waals surface area contributed by atoms with Gasteiger partial charge in [-0.25, -0.2) is 9.37 Å². The molecule has 4 heterocycles. The van der Waals surface area contributed by atoms with Crippen LogP contribution in [0.5, 0.6) is 0 Å². The van der Waals surface area contributed by atoms with Gasteiger partial charge in [0, 0.05) is 43.8 Å². The number of aromatic nitrogens is 1. The van der Waals surface area contributed by atoms with E-state index in [0.29, 0.717) is 28.0 Å². The molecular weight excluding hydrogens is 439 g/mol. The highest BCUT2D eigenvalue weighted by Gasteiger charge is 2.34. The van der Waals surface area contributed by atoms with Crippen LogP contribution in [0.4, 0.5) is 4.39 Å². The van der Waals surface area contributed by atoms with Crippen molar-refractivity contribution in [2.45, 2.75) is 57.5 Å². The first-order valence-corrected chi connectivity index (χ1v) is 12.9. The summed E-state index contributed by atoms with van der Waals surface area (Å²) in [5.74, 6) is -0.756. The Morgan fingerprint density at radius 1 is 1.06 bits per heavy atom. The van der Waals surface area contributed by atoms with Crippen LogP contribution < -0.4 is 0 Å². The number of hydrogen-bond donors (Lipinski definition) is 0. The lowest BCUT2D eigenvalue weighted by molar-refractivity contribution is 0.0691. The fourth-order valence-electron chi connectivity index (χ4n) is 5.39. The average molecular weight is 471 g/mol. The van der Waals surface area contributed by atoms with Crippen molar-refractivity contribution < 1.29 is 14.0 Å². The average Bonchev–Trinajstić information content (AvgIpc) is 3.61. The summed E-state index contributed by atoms with van der Waals surface area (Å²) in [6, 6.07) is 5.40. The van der Waals surface area contributed by atoms with Crippen molar-refractivity contribution in [3.8, 4) is 10.6 Å². The van der Waals surface area contributed by atoms with Crippen molar-refractivity contribution in [1.82, 2.24) is 19.7 Å². The molecule has 3 aliphatic heterocycles. The Balaban J connectivity index is 1.29. The van der Waals surface area contributed by atoms with Crippen molar-refractivity contribution in [3.63, 3.8) is 0 Å². The highest BCUT2D eigenvalue weighted by molar-refractivity contribution is 7.16. The molecule has 2 aromatic rings. The SMILES string of the molecule is C[C@@H]1CCCN1C[C@@H]1CCCN1C(=O)c1ccc(-c2ncc(C(=O)N3CCCC3)s2)cc1F. The number of hydrogen-bond acceptors (Lipinski definition) is 5. The zero-order valence-corrected chi connectivity index (χ0v) is 20.0. The van der Waals surface area contributed by atoms with E-state index in [1.165, 1.54) is 30.2 Å². The van der Waals surface area contributed by atoms with E-state index in [1.54, 1.807) is 18.3 Å². The van der Waals surface area contributed by atoms with Crippen LogP contribution in [0.1, 0.15) is 65.5 Å². The highest BCUT2D eigenvalue weighted by Crippen LogP contribution is 2.30. The summed E-state index contributed by atoms with van der Waals surface area (Å²) in [5, 5.41) is 0.595. The molecule has 2 amide bonds. The monoisotopic (exact) mass is 470 g/mol. The van der Waals surface area contributed by atoms with E-state index < -0.39 is 5.82 Å². The minimum Gasteiger partial charge on any atom is -0.338 e. The maximum absolute atomic E-state index is 15.1. The van der Waals surface area contributed by atoms with Crippen molar-refractivity contribution in [1.29, 1.82) is 0 Å². The molecule has 0 spiro atoms. The summed E-state index contributed by atoms with van der Waals surface area (Å²) in [6.07, 6.45) is 8.00. The zero-order chi connectivity index (χ0) is 22.9. The van der Waals surface area contributed by atoms with Crippen LogP contribution in [-0.4, -0.2) is 76.3 Å². The van der Waals surface area contributed by atoms with Crippen molar-refractivity contribution >= 4 is 23.2 Å².